The maximum atomic E-state index is 9.89. The minimum absolute atomic E-state index is 0.0234. The molecule has 0 amide bonds. The van der Waals surface area contributed by atoms with Crippen LogP contribution >= 0.6 is 0 Å². The Morgan fingerprint density at radius 1 is 1.37 bits per heavy atom. The second kappa shape index (κ2) is 6.20. The van der Waals surface area contributed by atoms with Crippen LogP contribution in [0.5, 0.6) is 11.5 Å². The average molecular weight is 258 g/mol. The molecule has 19 heavy (non-hydrogen) atoms. The zero-order chi connectivity index (χ0) is 13.7. The van der Waals surface area contributed by atoms with Crippen LogP contribution in [0.3, 0.4) is 0 Å². The molecule has 0 spiro atoms. The first-order valence-electron chi connectivity index (χ1n) is 6.20. The van der Waals surface area contributed by atoms with Gasteiger partial charge in [0, 0.05) is 30.5 Å². The lowest BCUT2D eigenvalue weighted by Gasteiger charge is -2.16. The number of phenolic OH excluding ortho intramolecular Hbond substituents is 1. The first kappa shape index (κ1) is 13.4. The van der Waals surface area contributed by atoms with Crippen molar-refractivity contribution >= 4 is 0 Å². The van der Waals surface area contributed by atoms with Crippen molar-refractivity contribution in [3.63, 3.8) is 0 Å². The summed E-state index contributed by atoms with van der Waals surface area (Å²) in [6.45, 7) is 2.70. The quantitative estimate of drug-likeness (QED) is 0.865. The molecule has 1 unspecified atom stereocenters. The molecule has 2 N–H and O–H groups in total. The maximum Gasteiger partial charge on any atom is 0.120 e. The van der Waals surface area contributed by atoms with Gasteiger partial charge in [0.1, 0.15) is 11.5 Å². The number of rotatable bonds is 5. The molecule has 4 heteroatoms. The predicted molar refractivity (Wildman–Crippen MR) is 74.2 cm³/mol. The zero-order valence-corrected chi connectivity index (χ0v) is 11.1. The third-order valence-corrected chi connectivity index (χ3v) is 3.04. The summed E-state index contributed by atoms with van der Waals surface area (Å²) in [7, 11) is 1.61. The van der Waals surface area contributed by atoms with E-state index >= 15 is 0 Å². The summed E-state index contributed by atoms with van der Waals surface area (Å²) in [5, 5.41) is 13.2. The number of aromatic hydroxyl groups is 1. The molecule has 0 bridgehead atoms. The number of benzene rings is 1. The molecule has 2 aromatic rings. The number of methoxy groups -OCH3 is 1. The van der Waals surface area contributed by atoms with Gasteiger partial charge in [0.2, 0.25) is 0 Å². The lowest BCUT2D eigenvalue weighted by Crippen LogP contribution is -2.18. The molecule has 1 atom stereocenters. The van der Waals surface area contributed by atoms with Crippen molar-refractivity contribution in [3.8, 4) is 11.5 Å². The number of nitrogens with zero attached hydrogens (tertiary/aromatic N) is 1. The molecular formula is C15H18N2O2. The van der Waals surface area contributed by atoms with Gasteiger partial charge in [-0.25, -0.2) is 0 Å². The first-order chi connectivity index (χ1) is 9.20. The van der Waals surface area contributed by atoms with Gasteiger partial charge in [0.15, 0.2) is 0 Å². The Hall–Kier alpha value is -2.07. The summed E-state index contributed by atoms with van der Waals surface area (Å²) in [5.74, 6) is 1.01. The van der Waals surface area contributed by atoms with Crippen molar-refractivity contribution in [1.29, 1.82) is 0 Å². The smallest absolute Gasteiger partial charge is 0.120 e. The summed E-state index contributed by atoms with van der Waals surface area (Å²) in [6, 6.07) is 9.18. The molecule has 0 radical (unpaired) electrons. The summed E-state index contributed by atoms with van der Waals surface area (Å²) >= 11 is 0. The highest BCUT2D eigenvalue weighted by molar-refractivity contribution is 5.41. The average Bonchev–Trinajstić information content (AvgIpc) is 2.46. The monoisotopic (exact) mass is 258 g/mol. The van der Waals surface area contributed by atoms with E-state index in [2.05, 4.69) is 10.3 Å². The fourth-order valence-corrected chi connectivity index (χ4v) is 1.89. The molecule has 0 aliphatic rings. The van der Waals surface area contributed by atoms with Crippen molar-refractivity contribution in [1.82, 2.24) is 10.3 Å². The third kappa shape index (κ3) is 3.45. The lowest BCUT2D eigenvalue weighted by atomic mass is 10.1. The fraction of sp³-hybridized carbons (Fsp3) is 0.267. The molecule has 0 aliphatic heterocycles. The lowest BCUT2D eigenvalue weighted by molar-refractivity contribution is 0.407. The van der Waals surface area contributed by atoms with Gasteiger partial charge < -0.3 is 15.2 Å². The third-order valence-electron chi connectivity index (χ3n) is 3.04. The van der Waals surface area contributed by atoms with Crippen molar-refractivity contribution in [2.24, 2.45) is 0 Å². The Balaban J connectivity index is 2.05. The molecule has 0 aliphatic carbocycles. The zero-order valence-electron chi connectivity index (χ0n) is 11.1. The summed E-state index contributed by atoms with van der Waals surface area (Å²) in [4.78, 5) is 4.07. The van der Waals surface area contributed by atoms with Gasteiger partial charge in [0.25, 0.3) is 0 Å². The predicted octanol–water partition coefficient (Wildman–Crippen LogP) is 2.65. The SMILES string of the molecule is COc1ccc(O)c(C(C)NCc2cccnc2)c1. The molecule has 100 valence electrons. The van der Waals surface area contributed by atoms with E-state index in [0.29, 0.717) is 6.54 Å². The minimum atomic E-state index is 0.0234. The van der Waals surface area contributed by atoms with Crippen molar-refractivity contribution in [2.45, 2.75) is 19.5 Å². The van der Waals surface area contributed by atoms with Crippen LogP contribution in [0, 0.1) is 0 Å². The van der Waals surface area contributed by atoms with E-state index in [1.54, 1.807) is 25.4 Å². The van der Waals surface area contributed by atoms with Crippen LogP contribution in [0.25, 0.3) is 0 Å². The second-order valence-electron chi connectivity index (χ2n) is 4.39. The van der Waals surface area contributed by atoms with E-state index in [4.69, 9.17) is 4.74 Å². The number of nitrogens with one attached hydrogen (secondary N) is 1. The number of hydrogen-bond acceptors (Lipinski definition) is 4. The van der Waals surface area contributed by atoms with Gasteiger partial charge in [-0.1, -0.05) is 6.07 Å². The first-order valence-corrected chi connectivity index (χ1v) is 6.20. The van der Waals surface area contributed by atoms with E-state index in [1.165, 1.54) is 0 Å². The Bertz CT molecular complexity index is 529. The van der Waals surface area contributed by atoms with Crippen LogP contribution in [0.4, 0.5) is 0 Å². The van der Waals surface area contributed by atoms with Crippen molar-refractivity contribution < 1.29 is 9.84 Å². The highest BCUT2D eigenvalue weighted by Crippen LogP contribution is 2.28. The van der Waals surface area contributed by atoms with E-state index in [0.717, 1.165) is 16.9 Å². The molecule has 2 rings (SSSR count). The largest absolute Gasteiger partial charge is 0.508 e. The Morgan fingerprint density at radius 3 is 2.89 bits per heavy atom. The van der Waals surface area contributed by atoms with Gasteiger partial charge in [-0.15, -0.1) is 0 Å². The number of hydrogen-bond donors (Lipinski definition) is 2. The van der Waals surface area contributed by atoms with Crippen LogP contribution < -0.4 is 10.1 Å². The number of aromatic nitrogens is 1. The van der Waals surface area contributed by atoms with Gasteiger partial charge in [0.05, 0.1) is 7.11 Å². The van der Waals surface area contributed by atoms with Gasteiger partial charge in [-0.05, 0) is 36.8 Å². The fourth-order valence-electron chi connectivity index (χ4n) is 1.89. The Kier molecular flexibility index (Phi) is 4.36. The standard InChI is InChI=1S/C15H18N2O2/c1-11(17-10-12-4-3-7-16-9-12)14-8-13(19-2)5-6-15(14)18/h3-9,11,17-18H,10H2,1-2H3. The van der Waals surface area contributed by atoms with Crippen LogP contribution in [0.2, 0.25) is 0 Å². The molecule has 1 heterocycles. The van der Waals surface area contributed by atoms with Crippen LogP contribution in [0.15, 0.2) is 42.7 Å². The summed E-state index contributed by atoms with van der Waals surface area (Å²) in [6.07, 6.45) is 3.58. The number of phenols is 1. The molecule has 1 aromatic heterocycles. The van der Waals surface area contributed by atoms with E-state index in [9.17, 15) is 5.11 Å². The molecule has 0 saturated heterocycles. The number of pyridine rings is 1. The molecule has 0 fully saturated rings. The highest BCUT2D eigenvalue weighted by atomic mass is 16.5. The van der Waals surface area contributed by atoms with Gasteiger partial charge in [-0.3, -0.25) is 4.98 Å². The van der Waals surface area contributed by atoms with Crippen molar-refractivity contribution in [2.75, 3.05) is 7.11 Å². The highest BCUT2D eigenvalue weighted by Gasteiger charge is 2.11. The minimum Gasteiger partial charge on any atom is -0.508 e. The second-order valence-corrected chi connectivity index (χ2v) is 4.39. The maximum absolute atomic E-state index is 9.89. The van der Waals surface area contributed by atoms with Gasteiger partial charge >= 0.3 is 0 Å². The van der Waals surface area contributed by atoms with E-state index in [1.807, 2.05) is 31.3 Å². The Morgan fingerprint density at radius 2 is 2.21 bits per heavy atom. The summed E-state index contributed by atoms with van der Waals surface area (Å²) < 4.78 is 5.17. The van der Waals surface area contributed by atoms with Gasteiger partial charge in [-0.2, -0.15) is 0 Å². The normalized spacial score (nSPS) is 12.1. The van der Waals surface area contributed by atoms with Crippen LogP contribution in [-0.4, -0.2) is 17.2 Å². The molecule has 1 aromatic carbocycles. The summed E-state index contributed by atoms with van der Waals surface area (Å²) in [5.41, 5.74) is 1.93. The van der Waals surface area contributed by atoms with E-state index < -0.39 is 0 Å². The topological polar surface area (TPSA) is 54.4 Å². The molecular weight excluding hydrogens is 240 g/mol. The molecule has 4 nitrogen and oxygen atoms in total. The van der Waals surface area contributed by atoms with Crippen LogP contribution in [-0.2, 0) is 6.54 Å². The Labute approximate surface area is 113 Å². The van der Waals surface area contributed by atoms with Crippen LogP contribution in [0.1, 0.15) is 24.1 Å². The van der Waals surface area contributed by atoms with E-state index in [-0.39, 0.29) is 11.8 Å². The number of ether oxygens (including phenoxy) is 1. The van der Waals surface area contributed by atoms with Crippen molar-refractivity contribution in [3.05, 3.63) is 53.9 Å². The molecule has 0 saturated carbocycles.